The first kappa shape index (κ1) is 17.8. The van der Waals surface area contributed by atoms with Gasteiger partial charge in [-0.2, -0.15) is 5.26 Å². The summed E-state index contributed by atoms with van der Waals surface area (Å²) in [4.78, 5) is 14.1. The van der Waals surface area contributed by atoms with Crippen LogP contribution in [-0.2, 0) is 4.79 Å². The van der Waals surface area contributed by atoms with Gasteiger partial charge in [-0.25, -0.2) is 0 Å². The van der Waals surface area contributed by atoms with E-state index in [4.69, 9.17) is 11.6 Å². The Balaban J connectivity index is 2.18. The van der Waals surface area contributed by atoms with Crippen LogP contribution in [0.1, 0.15) is 22.3 Å². The lowest BCUT2D eigenvalue weighted by molar-refractivity contribution is -0.114. The van der Waals surface area contributed by atoms with Gasteiger partial charge in [0.2, 0.25) is 5.91 Å². The maximum atomic E-state index is 12.4. The molecule has 1 amide bonds. The molecule has 2 aromatic carbocycles. The van der Waals surface area contributed by atoms with E-state index in [0.29, 0.717) is 16.3 Å². The summed E-state index contributed by atoms with van der Waals surface area (Å²) in [5.41, 5.74) is 5.06. The first-order chi connectivity index (χ1) is 11.3. The number of para-hydroxylation sites is 1. The molecule has 0 atom stereocenters. The van der Waals surface area contributed by atoms with Crippen LogP contribution in [0.5, 0.6) is 0 Å². The van der Waals surface area contributed by atoms with Crippen molar-refractivity contribution in [1.29, 1.82) is 5.26 Å². The first-order valence-electron chi connectivity index (χ1n) is 7.61. The van der Waals surface area contributed by atoms with E-state index < -0.39 is 0 Å². The van der Waals surface area contributed by atoms with Gasteiger partial charge < -0.3 is 10.2 Å². The highest BCUT2D eigenvalue weighted by Crippen LogP contribution is 2.28. The Bertz CT molecular complexity index is 801. The van der Waals surface area contributed by atoms with E-state index in [1.165, 1.54) is 0 Å². The fraction of sp³-hybridized carbons (Fsp3) is 0.263. The van der Waals surface area contributed by atoms with Crippen molar-refractivity contribution < 1.29 is 4.79 Å². The smallest absolute Gasteiger partial charge is 0.243 e. The summed E-state index contributed by atoms with van der Waals surface area (Å²) in [6, 6.07) is 11.3. The molecule has 0 saturated carbocycles. The molecule has 0 heterocycles. The minimum Gasteiger partial charge on any atom is -0.363 e. The third-order valence-corrected chi connectivity index (χ3v) is 4.12. The molecule has 0 bridgehead atoms. The zero-order valence-electron chi connectivity index (χ0n) is 14.3. The lowest BCUT2D eigenvalue weighted by atomic mass is 10.1. The van der Waals surface area contributed by atoms with Crippen LogP contribution >= 0.6 is 11.6 Å². The number of amides is 1. The van der Waals surface area contributed by atoms with Crippen LogP contribution in [-0.4, -0.2) is 19.5 Å². The number of aryl methyl sites for hydroxylation is 3. The van der Waals surface area contributed by atoms with Crippen LogP contribution in [0.3, 0.4) is 0 Å². The molecule has 0 saturated heterocycles. The minimum absolute atomic E-state index is 0.102. The van der Waals surface area contributed by atoms with Gasteiger partial charge in [-0.3, -0.25) is 4.79 Å². The number of benzene rings is 2. The Morgan fingerprint density at radius 1 is 1.25 bits per heavy atom. The van der Waals surface area contributed by atoms with Crippen molar-refractivity contribution in [2.45, 2.75) is 20.8 Å². The number of nitriles is 1. The number of likely N-dealkylation sites (N-methyl/N-ethyl adjacent to an activating group) is 1. The van der Waals surface area contributed by atoms with Gasteiger partial charge in [0.1, 0.15) is 6.07 Å². The van der Waals surface area contributed by atoms with Gasteiger partial charge in [0.15, 0.2) is 0 Å². The molecule has 0 spiro atoms. The zero-order chi connectivity index (χ0) is 17.9. The molecular formula is C19H20ClN3O. The molecule has 0 aliphatic carbocycles. The Labute approximate surface area is 147 Å². The molecule has 0 aliphatic heterocycles. The van der Waals surface area contributed by atoms with Gasteiger partial charge in [0, 0.05) is 12.7 Å². The van der Waals surface area contributed by atoms with E-state index >= 15 is 0 Å². The van der Waals surface area contributed by atoms with Crippen molar-refractivity contribution in [3.63, 3.8) is 0 Å². The fourth-order valence-corrected chi connectivity index (χ4v) is 3.16. The summed E-state index contributed by atoms with van der Waals surface area (Å²) < 4.78 is 0. The average Bonchev–Trinajstić information content (AvgIpc) is 2.50. The highest BCUT2D eigenvalue weighted by molar-refractivity contribution is 6.33. The molecule has 24 heavy (non-hydrogen) atoms. The fourth-order valence-electron chi connectivity index (χ4n) is 2.84. The van der Waals surface area contributed by atoms with Crippen LogP contribution in [0.25, 0.3) is 0 Å². The predicted molar refractivity (Wildman–Crippen MR) is 98.7 cm³/mol. The summed E-state index contributed by atoms with van der Waals surface area (Å²) in [6.07, 6.45) is 0. The Hall–Kier alpha value is -2.51. The summed E-state index contributed by atoms with van der Waals surface area (Å²) in [5, 5.41) is 12.6. The molecule has 0 radical (unpaired) electrons. The number of hydrogen-bond acceptors (Lipinski definition) is 3. The van der Waals surface area contributed by atoms with E-state index in [2.05, 4.69) is 11.4 Å². The molecule has 0 fully saturated rings. The maximum Gasteiger partial charge on any atom is 0.243 e. The normalized spacial score (nSPS) is 10.2. The highest BCUT2D eigenvalue weighted by Gasteiger charge is 2.16. The standard InChI is InChI=1S/C19H20ClN3O/c1-12-8-13(2)18(14(3)9-12)22-17(24)11-23(4)19-15(10-21)6-5-7-16(19)20/h5-9H,11H2,1-4H3,(H,22,24). The van der Waals surface area contributed by atoms with Gasteiger partial charge >= 0.3 is 0 Å². The van der Waals surface area contributed by atoms with E-state index in [1.807, 2.05) is 32.9 Å². The second-order valence-electron chi connectivity index (χ2n) is 5.93. The molecule has 0 unspecified atom stereocenters. The van der Waals surface area contributed by atoms with Gasteiger partial charge in [-0.15, -0.1) is 0 Å². The number of rotatable bonds is 4. The van der Waals surface area contributed by atoms with Crippen LogP contribution in [0.4, 0.5) is 11.4 Å². The number of halogens is 1. The van der Waals surface area contributed by atoms with Gasteiger partial charge in [0.25, 0.3) is 0 Å². The summed E-state index contributed by atoms with van der Waals surface area (Å²) in [6.45, 7) is 6.08. The first-order valence-corrected chi connectivity index (χ1v) is 7.98. The molecule has 1 N–H and O–H groups in total. The number of anilines is 2. The Morgan fingerprint density at radius 3 is 2.46 bits per heavy atom. The van der Waals surface area contributed by atoms with E-state index in [0.717, 1.165) is 22.4 Å². The van der Waals surface area contributed by atoms with Crippen LogP contribution in [0, 0.1) is 32.1 Å². The van der Waals surface area contributed by atoms with Crippen molar-refractivity contribution in [3.05, 3.63) is 57.6 Å². The molecule has 5 heteroatoms. The van der Waals surface area contributed by atoms with Crippen LogP contribution < -0.4 is 10.2 Å². The summed E-state index contributed by atoms with van der Waals surface area (Å²) in [5.74, 6) is -0.156. The van der Waals surface area contributed by atoms with Gasteiger partial charge in [0.05, 0.1) is 22.8 Å². The number of nitrogens with zero attached hydrogens (tertiary/aromatic N) is 2. The quantitative estimate of drug-likeness (QED) is 0.906. The van der Waals surface area contributed by atoms with Crippen molar-refractivity contribution in [1.82, 2.24) is 0 Å². The zero-order valence-corrected chi connectivity index (χ0v) is 15.0. The van der Waals surface area contributed by atoms with Crippen molar-refractivity contribution in [2.75, 3.05) is 23.8 Å². The van der Waals surface area contributed by atoms with Crippen LogP contribution in [0.15, 0.2) is 30.3 Å². The molecule has 2 aromatic rings. The molecule has 4 nitrogen and oxygen atoms in total. The van der Waals surface area contributed by atoms with E-state index in [9.17, 15) is 10.1 Å². The summed E-state index contributed by atoms with van der Waals surface area (Å²) >= 11 is 6.19. The SMILES string of the molecule is Cc1cc(C)c(NC(=O)CN(C)c2c(Cl)cccc2C#N)c(C)c1. The topological polar surface area (TPSA) is 56.1 Å². The molecular weight excluding hydrogens is 322 g/mol. The van der Waals surface area contributed by atoms with E-state index in [1.54, 1.807) is 30.1 Å². The number of carbonyl (C=O) groups is 1. The Morgan fingerprint density at radius 2 is 1.88 bits per heavy atom. The molecule has 0 aliphatic rings. The maximum absolute atomic E-state index is 12.4. The number of nitrogens with one attached hydrogen (secondary N) is 1. The third kappa shape index (κ3) is 3.87. The van der Waals surface area contributed by atoms with Crippen molar-refractivity contribution in [2.24, 2.45) is 0 Å². The van der Waals surface area contributed by atoms with Gasteiger partial charge in [-0.1, -0.05) is 35.4 Å². The van der Waals surface area contributed by atoms with Gasteiger partial charge in [-0.05, 0) is 44.0 Å². The molecule has 124 valence electrons. The Kier molecular flexibility index (Phi) is 5.48. The number of carbonyl (C=O) groups excluding carboxylic acids is 1. The van der Waals surface area contributed by atoms with Crippen LogP contribution in [0.2, 0.25) is 5.02 Å². The summed E-state index contributed by atoms with van der Waals surface area (Å²) in [7, 11) is 1.75. The number of hydrogen-bond donors (Lipinski definition) is 1. The third-order valence-electron chi connectivity index (χ3n) is 3.81. The minimum atomic E-state index is -0.156. The molecule has 0 aromatic heterocycles. The average molecular weight is 342 g/mol. The predicted octanol–water partition coefficient (Wildman–Crippen LogP) is 4.21. The monoisotopic (exact) mass is 341 g/mol. The van der Waals surface area contributed by atoms with Crippen molar-refractivity contribution >= 4 is 28.9 Å². The second-order valence-corrected chi connectivity index (χ2v) is 6.33. The lowest BCUT2D eigenvalue weighted by Gasteiger charge is -2.22. The molecule has 2 rings (SSSR count). The highest BCUT2D eigenvalue weighted by atomic mass is 35.5. The second kappa shape index (κ2) is 7.37. The van der Waals surface area contributed by atoms with Crippen molar-refractivity contribution in [3.8, 4) is 6.07 Å². The van der Waals surface area contributed by atoms with E-state index in [-0.39, 0.29) is 12.5 Å². The largest absolute Gasteiger partial charge is 0.363 e. The lowest BCUT2D eigenvalue weighted by Crippen LogP contribution is -2.31.